The molecule has 94 valence electrons. The highest BCUT2D eigenvalue weighted by molar-refractivity contribution is 7.09. The van der Waals surface area contributed by atoms with Gasteiger partial charge in [-0.1, -0.05) is 6.07 Å². The second kappa shape index (κ2) is 5.08. The third kappa shape index (κ3) is 2.26. The molecule has 0 bridgehead atoms. The van der Waals surface area contributed by atoms with Gasteiger partial charge in [0.05, 0.1) is 12.6 Å². The van der Waals surface area contributed by atoms with Crippen LogP contribution in [0.2, 0.25) is 0 Å². The molecule has 0 aliphatic heterocycles. The van der Waals surface area contributed by atoms with Crippen molar-refractivity contribution in [2.24, 2.45) is 0 Å². The predicted molar refractivity (Wildman–Crippen MR) is 73.0 cm³/mol. The molecule has 1 atom stereocenters. The molecule has 2 aromatic rings. The number of aryl methyl sites for hydroxylation is 1. The lowest BCUT2D eigenvalue weighted by molar-refractivity contribution is 0.413. The maximum atomic E-state index is 5.30. The smallest absolute Gasteiger partial charge is 0.119 e. The lowest BCUT2D eigenvalue weighted by Crippen LogP contribution is -2.18. The van der Waals surface area contributed by atoms with E-state index in [0.29, 0.717) is 6.04 Å². The standard InChI is InChI=1S/C14H16N2OS/c1-17-11-4-2-10-3-5-14(13(10)6-11)16-8-12-7-15-9-18-12/h2,4,6-7,9,14,16H,3,5,8H2,1H3. The zero-order valence-corrected chi connectivity index (χ0v) is 11.2. The molecule has 0 saturated heterocycles. The lowest BCUT2D eigenvalue weighted by Gasteiger charge is -2.14. The van der Waals surface area contributed by atoms with E-state index in [1.54, 1.807) is 18.4 Å². The van der Waals surface area contributed by atoms with Crippen LogP contribution in [0.25, 0.3) is 0 Å². The van der Waals surface area contributed by atoms with Crippen LogP contribution < -0.4 is 10.1 Å². The van der Waals surface area contributed by atoms with Crippen molar-refractivity contribution >= 4 is 11.3 Å². The minimum Gasteiger partial charge on any atom is -0.497 e. The van der Waals surface area contributed by atoms with Crippen molar-refractivity contribution in [3.8, 4) is 5.75 Å². The van der Waals surface area contributed by atoms with Crippen LogP contribution in [-0.4, -0.2) is 12.1 Å². The van der Waals surface area contributed by atoms with Gasteiger partial charge >= 0.3 is 0 Å². The third-order valence-corrected chi connectivity index (χ3v) is 4.22. The highest BCUT2D eigenvalue weighted by Gasteiger charge is 2.22. The zero-order chi connectivity index (χ0) is 12.4. The summed E-state index contributed by atoms with van der Waals surface area (Å²) in [4.78, 5) is 5.38. The minimum atomic E-state index is 0.442. The molecule has 0 spiro atoms. The molecule has 0 radical (unpaired) electrons. The van der Waals surface area contributed by atoms with Gasteiger partial charge in [-0.3, -0.25) is 4.98 Å². The Morgan fingerprint density at radius 1 is 1.50 bits per heavy atom. The molecule has 3 rings (SSSR count). The van der Waals surface area contributed by atoms with Crippen LogP contribution in [0.15, 0.2) is 29.9 Å². The average molecular weight is 260 g/mol. The van der Waals surface area contributed by atoms with Crippen molar-refractivity contribution in [1.29, 1.82) is 0 Å². The molecule has 0 amide bonds. The van der Waals surface area contributed by atoms with E-state index in [1.165, 1.54) is 22.4 Å². The Kier molecular flexibility index (Phi) is 3.30. The summed E-state index contributed by atoms with van der Waals surface area (Å²) in [6.07, 6.45) is 4.25. The first-order valence-corrected chi connectivity index (χ1v) is 7.02. The van der Waals surface area contributed by atoms with E-state index in [2.05, 4.69) is 22.4 Å². The van der Waals surface area contributed by atoms with E-state index in [1.807, 2.05) is 17.8 Å². The molecular formula is C14H16N2OS. The number of nitrogens with zero attached hydrogens (tertiary/aromatic N) is 1. The van der Waals surface area contributed by atoms with Gasteiger partial charge in [-0.15, -0.1) is 11.3 Å². The van der Waals surface area contributed by atoms with E-state index >= 15 is 0 Å². The SMILES string of the molecule is COc1ccc2c(c1)C(NCc1cncs1)CC2. The molecule has 18 heavy (non-hydrogen) atoms. The topological polar surface area (TPSA) is 34.1 Å². The Morgan fingerprint density at radius 3 is 3.22 bits per heavy atom. The van der Waals surface area contributed by atoms with Crippen LogP contribution in [-0.2, 0) is 13.0 Å². The maximum absolute atomic E-state index is 5.30. The van der Waals surface area contributed by atoms with Gasteiger partial charge in [0.1, 0.15) is 5.75 Å². The minimum absolute atomic E-state index is 0.442. The Hall–Kier alpha value is -1.39. The van der Waals surface area contributed by atoms with Crippen LogP contribution in [0.1, 0.15) is 28.5 Å². The summed E-state index contributed by atoms with van der Waals surface area (Å²) in [6, 6.07) is 6.83. The van der Waals surface area contributed by atoms with Crippen LogP contribution in [0.3, 0.4) is 0 Å². The molecule has 0 fully saturated rings. The fourth-order valence-electron chi connectivity index (χ4n) is 2.47. The van der Waals surface area contributed by atoms with Gasteiger partial charge in [0.15, 0.2) is 0 Å². The number of ether oxygens (including phenoxy) is 1. The molecule has 1 unspecified atom stereocenters. The molecule has 1 aliphatic carbocycles. The van der Waals surface area contributed by atoms with Crippen LogP contribution in [0, 0.1) is 0 Å². The third-order valence-electron chi connectivity index (χ3n) is 3.44. The summed E-state index contributed by atoms with van der Waals surface area (Å²) in [5.74, 6) is 0.945. The summed E-state index contributed by atoms with van der Waals surface area (Å²) in [5.41, 5.74) is 4.71. The van der Waals surface area contributed by atoms with E-state index in [4.69, 9.17) is 4.74 Å². The van der Waals surface area contributed by atoms with Gasteiger partial charge in [-0.25, -0.2) is 0 Å². The second-order valence-corrected chi connectivity index (χ2v) is 5.48. The van der Waals surface area contributed by atoms with E-state index in [9.17, 15) is 0 Å². The first-order valence-electron chi connectivity index (χ1n) is 6.14. The monoisotopic (exact) mass is 260 g/mol. The number of benzene rings is 1. The molecule has 1 aliphatic rings. The van der Waals surface area contributed by atoms with Gasteiger partial charge in [0, 0.05) is 23.7 Å². The molecule has 0 saturated carbocycles. The van der Waals surface area contributed by atoms with Gasteiger partial charge in [0.25, 0.3) is 0 Å². The molecule has 4 heteroatoms. The zero-order valence-electron chi connectivity index (χ0n) is 10.3. The predicted octanol–water partition coefficient (Wildman–Crippen LogP) is 2.93. The number of hydrogen-bond acceptors (Lipinski definition) is 4. The maximum Gasteiger partial charge on any atom is 0.119 e. The highest BCUT2D eigenvalue weighted by Crippen LogP contribution is 2.33. The molecule has 1 heterocycles. The Bertz CT molecular complexity index is 525. The Labute approximate surface area is 111 Å². The second-order valence-electron chi connectivity index (χ2n) is 4.50. The number of aromatic nitrogens is 1. The number of rotatable bonds is 4. The lowest BCUT2D eigenvalue weighted by atomic mass is 10.1. The van der Waals surface area contributed by atoms with E-state index < -0.39 is 0 Å². The van der Waals surface area contributed by atoms with Crippen molar-refractivity contribution in [1.82, 2.24) is 10.3 Å². The van der Waals surface area contributed by atoms with Gasteiger partial charge < -0.3 is 10.1 Å². The molecule has 1 N–H and O–H groups in total. The summed E-state index contributed by atoms with van der Waals surface area (Å²) in [5, 5.41) is 3.61. The number of hydrogen-bond donors (Lipinski definition) is 1. The van der Waals surface area contributed by atoms with Crippen molar-refractivity contribution in [3.05, 3.63) is 45.9 Å². The van der Waals surface area contributed by atoms with E-state index in [0.717, 1.165) is 18.7 Å². The number of fused-ring (bicyclic) bond motifs is 1. The van der Waals surface area contributed by atoms with Gasteiger partial charge in [-0.05, 0) is 36.1 Å². The molecular weight excluding hydrogens is 244 g/mol. The Morgan fingerprint density at radius 2 is 2.44 bits per heavy atom. The van der Waals surface area contributed by atoms with Crippen molar-refractivity contribution in [2.75, 3.05) is 7.11 Å². The molecule has 1 aromatic heterocycles. The van der Waals surface area contributed by atoms with Crippen molar-refractivity contribution in [2.45, 2.75) is 25.4 Å². The summed E-state index contributed by atoms with van der Waals surface area (Å²) in [7, 11) is 1.72. The van der Waals surface area contributed by atoms with Crippen molar-refractivity contribution in [3.63, 3.8) is 0 Å². The summed E-state index contributed by atoms with van der Waals surface area (Å²) in [6.45, 7) is 0.895. The quantitative estimate of drug-likeness (QED) is 0.917. The summed E-state index contributed by atoms with van der Waals surface area (Å²) >= 11 is 1.70. The van der Waals surface area contributed by atoms with Crippen molar-refractivity contribution < 1.29 is 4.74 Å². The van der Waals surface area contributed by atoms with Crippen LogP contribution in [0.4, 0.5) is 0 Å². The normalized spacial score (nSPS) is 17.7. The highest BCUT2D eigenvalue weighted by atomic mass is 32.1. The van der Waals surface area contributed by atoms with Gasteiger partial charge in [0.2, 0.25) is 0 Å². The first kappa shape index (κ1) is 11.7. The van der Waals surface area contributed by atoms with E-state index in [-0.39, 0.29) is 0 Å². The van der Waals surface area contributed by atoms with Crippen LogP contribution in [0.5, 0.6) is 5.75 Å². The number of methoxy groups -OCH3 is 1. The van der Waals surface area contributed by atoms with Gasteiger partial charge in [-0.2, -0.15) is 0 Å². The fourth-order valence-corrected chi connectivity index (χ4v) is 3.02. The fraction of sp³-hybridized carbons (Fsp3) is 0.357. The Balaban J connectivity index is 1.73. The number of nitrogens with one attached hydrogen (secondary N) is 1. The first-order chi connectivity index (χ1) is 8.86. The largest absolute Gasteiger partial charge is 0.497 e. The average Bonchev–Trinajstić information content (AvgIpc) is 3.05. The van der Waals surface area contributed by atoms with Crippen LogP contribution >= 0.6 is 11.3 Å². The molecule has 1 aromatic carbocycles. The summed E-state index contributed by atoms with van der Waals surface area (Å²) < 4.78 is 5.30. The molecule has 3 nitrogen and oxygen atoms in total. The number of thiazole rings is 1.